The minimum absolute atomic E-state index is 0.324. The fraction of sp³-hybridized carbons (Fsp3) is 0.727. The van der Waals surface area contributed by atoms with E-state index >= 15 is 0 Å². The molecule has 0 fully saturated rings. The first-order valence-corrected chi connectivity index (χ1v) is 6.45. The highest BCUT2D eigenvalue weighted by molar-refractivity contribution is 7.11. The highest BCUT2D eigenvalue weighted by Crippen LogP contribution is 2.20. The van der Waals surface area contributed by atoms with Gasteiger partial charge in [-0.25, -0.2) is 4.98 Å². The maximum absolute atomic E-state index is 6.15. The van der Waals surface area contributed by atoms with Crippen molar-refractivity contribution in [2.24, 2.45) is 0 Å². The van der Waals surface area contributed by atoms with Crippen LogP contribution in [0.3, 0.4) is 0 Å². The van der Waals surface area contributed by atoms with Crippen molar-refractivity contribution in [3.8, 4) is 0 Å². The van der Waals surface area contributed by atoms with Gasteiger partial charge in [-0.15, -0.1) is 22.9 Å². The minimum atomic E-state index is 0.324. The van der Waals surface area contributed by atoms with E-state index in [1.54, 1.807) is 11.3 Å². The lowest BCUT2D eigenvalue weighted by molar-refractivity contribution is 0.674. The molecule has 0 aliphatic carbocycles. The summed E-state index contributed by atoms with van der Waals surface area (Å²) in [6, 6.07) is 0. The molecule has 1 rings (SSSR count). The van der Waals surface area contributed by atoms with Crippen molar-refractivity contribution in [1.29, 1.82) is 0 Å². The smallest absolute Gasteiger partial charge is 0.0931 e. The second kappa shape index (κ2) is 5.72. The summed E-state index contributed by atoms with van der Waals surface area (Å²) in [6.45, 7) is 6.37. The Morgan fingerprint density at radius 2 is 2.07 bits per heavy atom. The van der Waals surface area contributed by atoms with Crippen LogP contribution in [0.5, 0.6) is 0 Å². The van der Waals surface area contributed by atoms with Crippen molar-refractivity contribution in [2.45, 2.75) is 51.8 Å². The molecular weight excluding hydrogens is 214 g/mol. The van der Waals surface area contributed by atoms with Gasteiger partial charge in [-0.1, -0.05) is 13.3 Å². The predicted molar refractivity (Wildman–Crippen MR) is 64.5 cm³/mol. The van der Waals surface area contributed by atoms with Gasteiger partial charge >= 0.3 is 0 Å². The van der Waals surface area contributed by atoms with Crippen molar-refractivity contribution < 1.29 is 0 Å². The molecule has 1 aromatic rings. The second-order valence-corrected chi connectivity index (χ2v) is 5.58. The molecule has 0 saturated heterocycles. The van der Waals surface area contributed by atoms with Crippen LogP contribution >= 0.6 is 22.9 Å². The zero-order chi connectivity index (χ0) is 10.6. The normalized spacial score (nSPS) is 13.1. The number of alkyl halides is 1. The lowest BCUT2D eigenvalue weighted by Gasteiger charge is -2.05. The van der Waals surface area contributed by atoms with E-state index in [-0.39, 0.29) is 0 Å². The third-order valence-corrected chi connectivity index (χ3v) is 3.92. The van der Waals surface area contributed by atoms with Crippen LogP contribution in [0.25, 0.3) is 0 Å². The van der Waals surface area contributed by atoms with Crippen LogP contribution < -0.4 is 0 Å². The van der Waals surface area contributed by atoms with E-state index in [1.807, 2.05) is 0 Å². The van der Waals surface area contributed by atoms with Crippen LogP contribution in [0.4, 0.5) is 0 Å². The van der Waals surface area contributed by atoms with Gasteiger partial charge in [0.05, 0.1) is 10.7 Å². The fourth-order valence-electron chi connectivity index (χ4n) is 1.38. The van der Waals surface area contributed by atoms with Crippen molar-refractivity contribution in [3.05, 3.63) is 15.6 Å². The Kier molecular flexibility index (Phi) is 4.90. The predicted octanol–water partition coefficient (Wildman–Crippen LogP) is 4.10. The molecule has 3 heteroatoms. The first kappa shape index (κ1) is 12.0. The summed E-state index contributed by atoms with van der Waals surface area (Å²) >= 11 is 7.96. The molecule has 0 N–H and O–H groups in total. The third-order valence-electron chi connectivity index (χ3n) is 2.35. The second-order valence-electron chi connectivity index (χ2n) is 3.67. The van der Waals surface area contributed by atoms with Crippen molar-refractivity contribution in [2.75, 3.05) is 0 Å². The molecule has 0 spiro atoms. The van der Waals surface area contributed by atoms with E-state index in [4.69, 9.17) is 11.6 Å². The molecule has 0 aliphatic heterocycles. The Hall–Kier alpha value is -0.0800. The number of nitrogens with zero attached hydrogens (tertiary/aromatic N) is 1. The zero-order valence-corrected chi connectivity index (χ0v) is 10.7. The molecule has 1 unspecified atom stereocenters. The topological polar surface area (TPSA) is 12.9 Å². The highest BCUT2D eigenvalue weighted by Gasteiger charge is 2.07. The molecule has 80 valence electrons. The van der Waals surface area contributed by atoms with Crippen molar-refractivity contribution >= 4 is 22.9 Å². The van der Waals surface area contributed by atoms with Gasteiger partial charge in [0.2, 0.25) is 0 Å². The van der Waals surface area contributed by atoms with Gasteiger partial charge in [0, 0.05) is 16.7 Å². The molecule has 14 heavy (non-hydrogen) atoms. The molecule has 1 atom stereocenters. The molecule has 0 bridgehead atoms. The van der Waals surface area contributed by atoms with E-state index in [1.165, 1.54) is 22.0 Å². The van der Waals surface area contributed by atoms with Crippen LogP contribution in [0, 0.1) is 13.8 Å². The molecule has 0 radical (unpaired) electrons. The van der Waals surface area contributed by atoms with Crippen LogP contribution in [0.2, 0.25) is 0 Å². The van der Waals surface area contributed by atoms with Gasteiger partial charge in [0.1, 0.15) is 0 Å². The largest absolute Gasteiger partial charge is 0.246 e. The summed E-state index contributed by atoms with van der Waals surface area (Å²) in [5, 5.41) is 1.56. The van der Waals surface area contributed by atoms with Crippen LogP contribution in [-0.2, 0) is 6.42 Å². The van der Waals surface area contributed by atoms with Crippen LogP contribution in [0.1, 0.15) is 41.8 Å². The van der Waals surface area contributed by atoms with Gasteiger partial charge in [-0.2, -0.15) is 0 Å². The average Bonchev–Trinajstić information content (AvgIpc) is 2.44. The Bertz CT molecular complexity index is 263. The quantitative estimate of drug-likeness (QED) is 0.696. The summed E-state index contributed by atoms with van der Waals surface area (Å²) in [5.74, 6) is 0. The zero-order valence-electron chi connectivity index (χ0n) is 9.14. The standard InChI is InChI=1S/C11H18ClNS/c1-4-5-10(12)6-7-11-13-8(2)9(3)14-11/h10H,4-7H2,1-3H3. The number of rotatable bonds is 5. The summed E-state index contributed by atoms with van der Waals surface area (Å²) in [7, 11) is 0. The number of halogens is 1. The van der Waals surface area contributed by atoms with E-state index < -0.39 is 0 Å². The van der Waals surface area contributed by atoms with Crippen molar-refractivity contribution in [3.63, 3.8) is 0 Å². The monoisotopic (exact) mass is 231 g/mol. The number of aromatic nitrogens is 1. The maximum Gasteiger partial charge on any atom is 0.0931 e. The lowest BCUT2D eigenvalue weighted by atomic mass is 10.1. The molecule has 0 aliphatic rings. The van der Waals surface area contributed by atoms with E-state index in [2.05, 4.69) is 25.8 Å². The van der Waals surface area contributed by atoms with E-state index in [9.17, 15) is 0 Å². The molecule has 1 heterocycles. The fourth-order valence-corrected chi connectivity index (χ4v) is 2.66. The molecule has 1 aromatic heterocycles. The van der Waals surface area contributed by atoms with Crippen LogP contribution in [0.15, 0.2) is 0 Å². The molecule has 1 nitrogen and oxygen atoms in total. The summed E-state index contributed by atoms with van der Waals surface area (Å²) < 4.78 is 0. The van der Waals surface area contributed by atoms with E-state index in [0.29, 0.717) is 5.38 Å². The first-order valence-electron chi connectivity index (χ1n) is 5.20. The van der Waals surface area contributed by atoms with Crippen molar-refractivity contribution in [1.82, 2.24) is 4.98 Å². The van der Waals surface area contributed by atoms with E-state index in [0.717, 1.165) is 19.3 Å². The number of aryl methyl sites for hydroxylation is 3. The van der Waals surface area contributed by atoms with Gasteiger partial charge in [-0.3, -0.25) is 0 Å². The van der Waals surface area contributed by atoms with Gasteiger partial charge in [-0.05, 0) is 26.7 Å². The Labute approximate surface area is 95.5 Å². The first-order chi connectivity index (χ1) is 6.63. The minimum Gasteiger partial charge on any atom is -0.246 e. The summed E-state index contributed by atoms with van der Waals surface area (Å²) in [4.78, 5) is 5.84. The Morgan fingerprint density at radius 1 is 1.36 bits per heavy atom. The molecule has 0 amide bonds. The van der Waals surface area contributed by atoms with Crippen LogP contribution in [-0.4, -0.2) is 10.4 Å². The molecule has 0 aromatic carbocycles. The molecular formula is C11H18ClNS. The number of hydrogen-bond acceptors (Lipinski definition) is 2. The summed E-state index contributed by atoms with van der Waals surface area (Å²) in [6.07, 6.45) is 4.38. The summed E-state index contributed by atoms with van der Waals surface area (Å²) in [5.41, 5.74) is 1.17. The Balaban J connectivity index is 2.38. The molecule has 0 saturated carbocycles. The van der Waals surface area contributed by atoms with Gasteiger partial charge in [0.25, 0.3) is 0 Å². The lowest BCUT2D eigenvalue weighted by Crippen LogP contribution is -1.99. The maximum atomic E-state index is 6.15. The SMILES string of the molecule is CCCC(Cl)CCc1nc(C)c(C)s1. The third kappa shape index (κ3) is 3.58. The average molecular weight is 232 g/mol. The van der Waals surface area contributed by atoms with Gasteiger partial charge < -0.3 is 0 Å². The number of hydrogen-bond donors (Lipinski definition) is 0. The number of thiazole rings is 1. The van der Waals surface area contributed by atoms with Gasteiger partial charge in [0.15, 0.2) is 0 Å². The highest BCUT2D eigenvalue weighted by atomic mass is 35.5. The Morgan fingerprint density at radius 3 is 2.57 bits per heavy atom.